The maximum absolute atomic E-state index is 13.8. The molecule has 0 saturated carbocycles. The predicted octanol–water partition coefficient (Wildman–Crippen LogP) is 11.2. The lowest BCUT2D eigenvalue weighted by Gasteiger charge is -2.19. The van der Waals surface area contributed by atoms with E-state index in [1.807, 2.05) is 24.3 Å². The van der Waals surface area contributed by atoms with Crippen LogP contribution in [0.5, 0.6) is 11.5 Å². The fourth-order valence-corrected chi connectivity index (χ4v) is 6.95. The van der Waals surface area contributed by atoms with Crippen molar-refractivity contribution in [2.45, 2.75) is 52.6 Å². The molecule has 68 heavy (non-hydrogen) atoms. The average Bonchev–Trinajstić information content (AvgIpc) is 3.30. The van der Waals surface area contributed by atoms with E-state index in [-0.39, 0.29) is 68.6 Å². The summed E-state index contributed by atoms with van der Waals surface area (Å²) in [6, 6.07) is 22.4. The third-order valence-corrected chi connectivity index (χ3v) is 10.6. The van der Waals surface area contributed by atoms with Crippen molar-refractivity contribution >= 4 is 116 Å². The molecule has 0 fully saturated rings. The number of carbonyl (C=O) groups excluding carboxylic acids is 6. The molecule has 16 nitrogen and oxygen atoms in total. The fraction of sp³-hybridized carbons (Fsp3) is 0.250. The van der Waals surface area contributed by atoms with Gasteiger partial charge in [-0.05, 0) is 112 Å². The summed E-state index contributed by atoms with van der Waals surface area (Å²) in [5.41, 5.74) is 3.61. The maximum atomic E-state index is 13.8. The normalized spacial score (nSPS) is 12.0. The smallest absolute Gasteiger partial charge is 0.259 e. The molecular weight excluding hydrogens is 958 g/mol. The highest BCUT2D eigenvalue weighted by molar-refractivity contribution is 6.33. The van der Waals surface area contributed by atoms with E-state index < -0.39 is 47.3 Å². The molecule has 0 radical (unpaired) electrons. The number of hydrogen-bond acceptors (Lipinski definition) is 12. The van der Waals surface area contributed by atoms with E-state index in [9.17, 15) is 28.8 Å². The monoisotopic (exact) mass is 1000 g/mol. The van der Waals surface area contributed by atoms with Gasteiger partial charge in [0.2, 0.25) is 12.1 Å². The summed E-state index contributed by atoms with van der Waals surface area (Å²) < 4.78 is 11.7. The van der Waals surface area contributed by atoms with Crippen LogP contribution in [-0.4, -0.2) is 72.3 Å². The lowest BCUT2D eigenvalue weighted by molar-refractivity contribution is -0.127. The van der Waals surface area contributed by atoms with E-state index >= 15 is 0 Å². The van der Waals surface area contributed by atoms with Crippen molar-refractivity contribution in [3.63, 3.8) is 0 Å². The summed E-state index contributed by atoms with van der Waals surface area (Å²) in [6.45, 7) is 5.83. The molecule has 0 aliphatic heterocycles. The average molecular weight is 1000 g/mol. The van der Waals surface area contributed by atoms with Crippen LogP contribution in [0, 0.1) is 0 Å². The Morgan fingerprint density at radius 1 is 0.529 bits per heavy atom. The maximum Gasteiger partial charge on any atom is 0.259 e. The van der Waals surface area contributed by atoms with E-state index in [4.69, 9.17) is 55.9 Å². The number of hydrogen-bond donors (Lipinski definition) is 4. The summed E-state index contributed by atoms with van der Waals surface area (Å²) in [5, 5.41) is 27.2. The first-order chi connectivity index (χ1) is 32.6. The number of ketones is 2. The molecule has 0 saturated heterocycles. The molecule has 2 atom stereocenters. The molecule has 354 valence electrons. The van der Waals surface area contributed by atoms with Crippen LogP contribution in [0.1, 0.15) is 59.5 Å². The Labute approximate surface area is 412 Å². The molecule has 0 aromatic heterocycles. The van der Waals surface area contributed by atoms with Crippen LogP contribution in [0.2, 0.25) is 10.0 Å². The van der Waals surface area contributed by atoms with Gasteiger partial charge in [-0.15, -0.1) is 23.2 Å². The molecule has 0 heterocycles. The number of alkyl halides is 2. The second-order valence-corrected chi connectivity index (χ2v) is 16.2. The number of ether oxygens (including phenoxy) is 2. The number of rotatable bonds is 22. The largest absolute Gasteiger partial charge is 0.491 e. The molecule has 0 bridgehead atoms. The van der Waals surface area contributed by atoms with Crippen molar-refractivity contribution in [1.82, 2.24) is 0 Å². The first-order valence-electron chi connectivity index (χ1n) is 21.0. The Kier molecular flexibility index (Phi) is 19.5. The van der Waals surface area contributed by atoms with Crippen molar-refractivity contribution in [1.29, 1.82) is 0 Å². The molecule has 2 unspecified atom stereocenters. The summed E-state index contributed by atoms with van der Waals surface area (Å²) in [5.74, 6) is -3.12. The van der Waals surface area contributed by atoms with Crippen molar-refractivity contribution in [3.8, 4) is 11.5 Å². The number of benzene rings is 5. The Bertz CT molecular complexity index is 2690. The highest BCUT2D eigenvalue weighted by Crippen LogP contribution is 2.39. The van der Waals surface area contributed by atoms with Crippen molar-refractivity contribution in [3.05, 3.63) is 129 Å². The van der Waals surface area contributed by atoms with E-state index in [1.54, 1.807) is 38.1 Å². The van der Waals surface area contributed by atoms with Gasteiger partial charge in [0.05, 0.1) is 23.3 Å². The molecule has 5 aromatic rings. The predicted molar refractivity (Wildman–Crippen MR) is 265 cm³/mol. The molecule has 4 N–H and O–H groups in total. The third kappa shape index (κ3) is 14.6. The van der Waals surface area contributed by atoms with Gasteiger partial charge in [0, 0.05) is 52.1 Å². The zero-order valence-electron chi connectivity index (χ0n) is 37.2. The zero-order valence-corrected chi connectivity index (χ0v) is 40.2. The fourth-order valence-electron chi connectivity index (χ4n) is 6.20. The second-order valence-electron chi connectivity index (χ2n) is 14.7. The van der Waals surface area contributed by atoms with E-state index in [2.05, 4.69) is 41.7 Å². The number of halogens is 4. The van der Waals surface area contributed by atoms with Gasteiger partial charge in [0.15, 0.2) is 11.6 Å². The number of Topliss-reactive ketones (excluding diaryl/α,β-unsaturated/α-hetero) is 2. The number of carbonyl (C=O) groups is 6. The Balaban J connectivity index is 1.32. The molecule has 20 heteroatoms. The van der Waals surface area contributed by atoms with Crippen LogP contribution in [0.15, 0.2) is 118 Å². The molecule has 0 spiro atoms. The van der Waals surface area contributed by atoms with Crippen LogP contribution in [0.25, 0.3) is 0 Å². The Hall–Kier alpha value is -6.72. The lowest BCUT2D eigenvalue weighted by Crippen LogP contribution is -2.32. The number of amides is 4. The molecule has 0 aliphatic carbocycles. The number of aryl methyl sites for hydroxylation is 2. The van der Waals surface area contributed by atoms with Gasteiger partial charge in [-0.3, -0.25) is 28.8 Å². The molecular formula is C48H46Cl4N8O8. The summed E-state index contributed by atoms with van der Waals surface area (Å²) in [4.78, 5) is 79.2. The number of azo groups is 2. The van der Waals surface area contributed by atoms with E-state index in [0.29, 0.717) is 36.0 Å². The van der Waals surface area contributed by atoms with Gasteiger partial charge in [-0.1, -0.05) is 47.5 Å². The van der Waals surface area contributed by atoms with Gasteiger partial charge in [0.25, 0.3) is 23.6 Å². The quantitative estimate of drug-likeness (QED) is 0.0296. The number of anilines is 4. The van der Waals surface area contributed by atoms with E-state index in [1.165, 1.54) is 48.5 Å². The van der Waals surface area contributed by atoms with Crippen LogP contribution < -0.4 is 30.7 Å². The standard InChI is InChI=1S/C48H46Cl4N8O8/c1-5-67-40-25-35(55-47(65)42(27(3)61)59-57-38-23-31(11-17-36(38)51)45(63)53-33-13-7-29(8-14-33)19-21-49)26-41(68-6-2)44(40)56-48(66)43(28(4)62)60-58-39-24-32(12-18-37(39)52)46(64)54-34-15-9-30(10-16-34)20-22-50/h7-18,23-26,42-43H,5-6,19-22H2,1-4H3,(H,53,63)(H,54,64)(H,55,65)(H,56,66). The van der Waals surface area contributed by atoms with Crippen LogP contribution in [0.3, 0.4) is 0 Å². The zero-order chi connectivity index (χ0) is 49.3. The van der Waals surface area contributed by atoms with Gasteiger partial charge in [-0.25, -0.2) is 0 Å². The minimum Gasteiger partial charge on any atom is -0.491 e. The minimum absolute atomic E-state index is 0.00440. The van der Waals surface area contributed by atoms with Crippen LogP contribution >= 0.6 is 46.4 Å². The van der Waals surface area contributed by atoms with Gasteiger partial charge < -0.3 is 30.7 Å². The Morgan fingerprint density at radius 3 is 1.29 bits per heavy atom. The van der Waals surface area contributed by atoms with Gasteiger partial charge >= 0.3 is 0 Å². The molecule has 5 aromatic carbocycles. The minimum atomic E-state index is -1.69. The first kappa shape index (κ1) is 52.3. The van der Waals surface area contributed by atoms with Crippen molar-refractivity contribution < 1.29 is 38.2 Å². The number of nitrogens with one attached hydrogen (secondary N) is 4. The van der Waals surface area contributed by atoms with Crippen molar-refractivity contribution in [2.75, 3.05) is 46.2 Å². The van der Waals surface area contributed by atoms with Crippen LogP contribution in [-0.2, 0) is 32.0 Å². The van der Waals surface area contributed by atoms with E-state index in [0.717, 1.165) is 25.0 Å². The second kappa shape index (κ2) is 25.4. The lowest BCUT2D eigenvalue weighted by atomic mass is 10.1. The van der Waals surface area contributed by atoms with Crippen LogP contribution in [0.4, 0.5) is 34.1 Å². The van der Waals surface area contributed by atoms with Crippen molar-refractivity contribution in [2.24, 2.45) is 20.5 Å². The first-order valence-corrected chi connectivity index (χ1v) is 22.9. The summed E-state index contributed by atoms with van der Waals surface area (Å²) in [6.07, 6.45) is 1.36. The molecule has 5 rings (SSSR count). The highest BCUT2D eigenvalue weighted by atomic mass is 35.5. The van der Waals surface area contributed by atoms with Gasteiger partial charge in [-0.2, -0.15) is 20.5 Å². The Morgan fingerprint density at radius 2 is 0.926 bits per heavy atom. The number of nitrogens with zero attached hydrogens (tertiary/aromatic N) is 4. The topological polar surface area (TPSA) is 218 Å². The highest BCUT2D eigenvalue weighted by Gasteiger charge is 2.28. The summed E-state index contributed by atoms with van der Waals surface area (Å²) in [7, 11) is 0. The molecule has 0 aliphatic rings. The van der Waals surface area contributed by atoms with Gasteiger partial charge in [0.1, 0.15) is 28.6 Å². The summed E-state index contributed by atoms with van der Waals surface area (Å²) >= 11 is 24.4. The molecule has 4 amide bonds. The SMILES string of the molecule is CCOc1cc(NC(=O)C(N=Nc2cc(C(=O)Nc3ccc(CCCl)cc3)ccc2Cl)C(C)=O)cc(OCC)c1NC(=O)C(N=Nc1cc(C(=O)Nc2ccc(CCCl)cc2)ccc1Cl)C(C)=O. The third-order valence-electron chi connectivity index (χ3n) is 9.62.